The Morgan fingerprint density at radius 2 is 1.43 bits per heavy atom. The molecule has 1 aromatic heterocycles. The molecule has 0 aliphatic rings. The minimum atomic E-state index is -5.08. The van der Waals surface area contributed by atoms with Gasteiger partial charge in [-0.2, -0.15) is 31.4 Å². The lowest BCUT2D eigenvalue weighted by atomic mass is 10.1. The molecule has 3 rings (SSSR count). The van der Waals surface area contributed by atoms with Crippen LogP contribution in [0.2, 0.25) is 0 Å². The number of halogens is 7. The molecule has 10 nitrogen and oxygen atoms in total. The van der Waals surface area contributed by atoms with Crippen molar-refractivity contribution in [3.8, 4) is 11.1 Å². The molecule has 0 bridgehead atoms. The second-order valence-electron chi connectivity index (χ2n) is 8.46. The summed E-state index contributed by atoms with van der Waals surface area (Å²) in [5.74, 6) is -5.82. The number of carbonyl (C=O) groups excluding carboxylic acids is 1. The molecule has 0 saturated heterocycles. The van der Waals surface area contributed by atoms with Crippen molar-refractivity contribution in [1.82, 2.24) is 20.0 Å². The van der Waals surface area contributed by atoms with Gasteiger partial charge in [-0.15, -0.1) is 0 Å². The molecule has 0 aliphatic heterocycles. The topological polar surface area (TPSA) is 139 Å². The highest BCUT2D eigenvalue weighted by molar-refractivity contribution is 5.89. The predicted octanol–water partition coefficient (Wildman–Crippen LogP) is 5.08. The van der Waals surface area contributed by atoms with Crippen LogP contribution in [0.1, 0.15) is 5.56 Å². The average molecular weight is 609 g/mol. The lowest BCUT2D eigenvalue weighted by Crippen LogP contribution is -2.39. The molecule has 42 heavy (non-hydrogen) atoms. The monoisotopic (exact) mass is 609 g/mol. The van der Waals surface area contributed by atoms with Crippen LogP contribution in [0.4, 0.5) is 41.2 Å². The van der Waals surface area contributed by atoms with Gasteiger partial charge in [0.25, 0.3) is 0 Å². The number of aliphatic carboxylic acids is 2. The van der Waals surface area contributed by atoms with Crippen LogP contribution in [-0.2, 0) is 16.1 Å². The number of amides is 2. The van der Waals surface area contributed by atoms with E-state index < -0.39 is 24.3 Å². The molecule has 3 aromatic rings. The summed E-state index contributed by atoms with van der Waals surface area (Å²) in [5, 5.41) is 23.9. The van der Waals surface area contributed by atoms with Gasteiger partial charge in [-0.3, -0.25) is 5.10 Å². The number of aromatic nitrogens is 2. The number of likely N-dealkylation sites (N-methyl/N-ethyl adjacent to an activating group) is 1. The molecule has 17 heteroatoms. The second-order valence-corrected chi connectivity index (χ2v) is 8.46. The zero-order valence-corrected chi connectivity index (χ0v) is 22.0. The number of carbonyl (C=O) groups is 3. The van der Waals surface area contributed by atoms with Crippen molar-refractivity contribution in [2.45, 2.75) is 18.9 Å². The Morgan fingerprint density at radius 3 is 1.86 bits per heavy atom. The van der Waals surface area contributed by atoms with Crippen LogP contribution >= 0.6 is 0 Å². The first-order valence-electron chi connectivity index (χ1n) is 11.5. The number of aromatic amines is 1. The molecule has 2 aromatic carbocycles. The van der Waals surface area contributed by atoms with E-state index in [4.69, 9.17) is 19.8 Å². The SMILES string of the molecule is CN(C)CCN(Cc1cccc(F)c1)C(=O)Nc1ccc(-c2cn[nH]c2)cc1.O=C(O)C(F)(F)F.O=C(O)C(F)(F)F. The Labute approximate surface area is 234 Å². The van der Waals surface area contributed by atoms with E-state index in [1.54, 1.807) is 17.2 Å². The van der Waals surface area contributed by atoms with Crippen molar-refractivity contribution in [1.29, 1.82) is 0 Å². The van der Waals surface area contributed by atoms with Crippen molar-refractivity contribution in [2.75, 3.05) is 32.5 Å². The third-order valence-electron chi connectivity index (χ3n) is 4.82. The molecule has 0 spiro atoms. The van der Waals surface area contributed by atoms with Gasteiger partial charge < -0.3 is 25.3 Å². The van der Waals surface area contributed by atoms with Gasteiger partial charge in [0.15, 0.2) is 0 Å². The number of hydrogen-bond donors (Lipinski definition) is 4. The molecule has 0 radical (unpaired) electrons. The molecule has 1 heterocycles. The van der Waals surface area contributed by atoms with Gasteiger partial charge in [0.1, 0.15) is 5.82 Å². The average Bonchev–Trinajstić information content (AvgIpc) is 3.41. The minimum Gasteiger partial charge on any atom is -0.475 e. The van der Waals surface area contributed by atoms with Crippen LogP contribution < -0.4 is 5.32 Å². The first-order valence-corrected chi connectivity index (χ1v) is 11.5. The zero-order valence-electron chi connectivity index (χ0n) is 22.0. The smallest absolute Gasteiger partial charge is 0.475 e. The summed E-state index contributed by atoms with van der Waals surface area (Å²) < 4.78 is 77.0. The molecular weight excluding hydrogens is 583 g/mol. The largest absolute Gasteiger partial charge is 0.490 e. The Bertz CT molecular complexity index is 1260. The summed E-state index contributed by atoms with van der Waals surface area (Å²) in [6.07, 6.45) is -6.61. The number of nitrogens with one attached hydrogen (secondary N) is 2. The molecule has 0 atom stereocenters. The van der Waals surface area contributed by atoms with Crippen molar-refractivity contribution in [3.63, 3.8) is 0 Å². The van der Waals surface area contributed by atoms with Crippen molar-refractivity contribution in [2.24, 2.45) is 0 Å². The number of alkyl halides is 6. The van der Waals surface area contributed by atoms with Gasteiger partial charge in [0.2, 0.25) is 0 Å². The van der Waals surface area contributed by atoms with E-state index in [9.17, 15) is 35.5 Å². The van der Waals surface area contributed by atoms with Crippen LogP contribution in [0.25, 0.3) is 11.1 Å². The van der Waals surface area contributed by atoms with Crippen molar-refractivity contribution >= 4 is 23.7 Å². The first kappa shape index (κ1) is 35.4. The summed E-state index contributed by atoms with van der Waals surface area (Å²) in [5.41, 5.74) is 3.45. The minimum absolute atomic E-state index is 0.220. The number of urea groups is 1. The summed E-state index contributed by atoms with van der Waals surface area (Å²) in [6.45, 7) is 1.58. The molecule has 0 fully saturated rings. The molecule has 0 aliphatic carbocycles. The van der Waals surface area contributed by atoms with E-state index in [1.807, 2.05) is 55.5 Å². The number of carboxylic acid groups (broad SMARTS) is 2. The maximum absolute atomic E-state index is 13.5. The molecule has 0 saturated carbocycles. The highest BCUT2D eigenvalue weighted by atomic mass is 19.4. The van der Waals surface area contributed by atoms with Crippen LogP contribution in [0, 0.1) is 5.82 Å². The third-order valence-corrected chi connectivity index (χ3v) is 4.82. The molecule has 4 N–H and O–H groups in total. The second kappa shape index (κ2) is 15.9. The molecule has 0 unspecified atom stereocenters. The number of carboxylic acids is 2. The number of H-pyrrole nitrogens is 1. The van der Waals surface area contributed by atoms with Crippen LogP contribution in [-0.4, -0.2) is 87.7 Å². The number of anilines is 1. The number of hydrogen-bond acceptors (Lipinski definition) is 5. The quantitative estimate of drug-likeness (QED) is 0.274. The number of nitrogens with zero attached hydrogens (tertiary/aromatic N) is 3. The van der Waals surface area contributed by atoms with Gasteiger partial charge in [0.05, 0.1) is 6.20 Å². The lowest BCUT2D eigenvalue weighted by Gasteiger charge is -2.25. The van der Waals surface area contributed by atoms with Crippen LogP contribution in [0.3, 0.4) is 0 Å². The standard InChI is InChI=1S/C21H24FN5O.2C2HF3O2/c1-26(2)10-11-27(15-16-4-3-5-19(22)12-16)21(28)25-20-8-6-17(7-9-20)18-13-23-24-14-18;2*3-2(4,5)1(6)7/h3-9,12-14H,10-11,15H2,1-2H3,(H,23,24)(H,25,28);2*(H,6,7). The fourth-order valence-corrected chi connectivity index (χ4v) is 2.79. The van der Waals surface area contributed by atoms with E-state index in [-0.39, 0.29) is 11.8 Å². The number of benzene rings is 2. The lowest BCUT2D eigenvalue weighted by molar-refractivity contribution is -0.193. The van der Waals surface area contributed by atoms with Crippen LogP contribution in [0.15, 0.2) is 60.9 Å². The zero-order chi connectivity index (χ0) is 32.1. The molecule has 230 valence electrons. The Hall–Kier alpha value is -4.67. The Kier molecular flexibility index (Phi) is 13.4. The van der Waals surface area contributed by atoms with E-state index >= 15 is 0 Å². The third kappa shape index (κ3) is 13.6. The normalized spacial score (nSPS) is 11.0. The Morgan fingerprint density at radius 1 is 0.881 bits per heavy atom. The first-order chi connectivity index (χ1) is 19.4. The van der Waals surface area contributed by atoms with E-state index in [0.717, 1.165) is 16.7 Å². The summed E-state index contributed by atoms with van der Waals surface area (Å²) in [4.78, 5) is 34.3. The van der Waals surface area contributed by atoms with Gasteiger partial charge in [-0.25, -0.2) is 18.8 Å². The van der Waals surface area contributed by atoms with E-state index in [0.29, 0.717) is 25.3 Å². The number of rotatable bonds is 7. The summed E-state index contributed by atoms with van der Waals surface area (Å²) in [6, 6.07) is 13.7. The van der Waals surface area contributed by atoms with Gasteiger partial charge in [-0.05, 0) is 49.5 Å². The fourth-order valence-electron chi connectivity index (χ4n) is 2.79. The summed E-state index contributed by atoms with van der Waals surface area (Å²) in [7, 11) is 3.90. The van der Waals surface area contributed by atoms with Gasteiger partial charge in [0, 0.05) is 37.1 Å². The highest BCUT2D eigenvalue weighted by Crippen LogP contribution is 2.20. The van der Waals surface area contributed by atoms with Crippen LogP contribution in [0.5, 0.6) is 0 Å². The van der Waals surface area contributed by atoms with E-state index in [1.165, 1.54) is 12.1 Å². The van der Waals surface area contributed by atoms with Crippen molar-refractivity contribution < 1.29 is 55.3 Å². The maximum atomic E-state index is 13.5. The fraction of sp³-hybridized carbons (Fsp3) is 0.280. The summed E-state index contributed by atoms with van der Waals surface area (Å²) >= 11 is 0. The van der Waals surface area contributed by atoms with Gasteiger partial charge >= 0.3 is 30.3 Å². The van der Waals surface area contributed by atoms with E-state index in [2.05, 4.69) is 15.5 Å². The maximum Gasteiger partial charge on any atom is 0.490 e. The van der Waals surface area contributed by atoms with Crippen molar-refractivity contribution in [3.05, 3.63) is 72.3 Å². The van der Waals surface area contributed by atoms with Gasteiger partial charge in [-0.1, -0.05) is 24.3 Å². The molecular formula is C25H26F7N5O5. The highest BCUT2D eigenvalue weighted by Gasteiger charge is 2.38. The molecule has 2 amide bonds. The predicted molar refractivity (Wildman–Crippen MR) is 136 cm³/mol. The Balaban J connectivity index is 0.000000522.